The minimum atomic E-state index is -3.85. The van der Waals surface area contributed by atoms with Crippen molar-refractivity contribution in [3.05, 3.63) is 26.8 Å². The fourth-order valence-electron chi connectivity index (χ4n) is 5.67. The van der Waals surface area contributed by atoms with Gasteiger partial charge in [-0.1, -0.05) is 18.5 Å². The number of amides is 3. The van der Waals surface area contributed by atoms with Crippen molar-refractivity contribution in [1.29, 1.82) is 0 Å². The summed E-state index contributed by atoms with van der Waals surface area (Å²) < 4.78 is 28.2. The number of carbonyl (C=O) groups is 3. The number of rotatable bonds is 10. The van der Waals surface area contributed by atoms with Gasteiger partial charge in [0.15, 0.2) is 0 Å². The Bertz CT molecular complexity index is 1190. The quantitative estimate of drug-likeness (QED) is 0.442. The second kappa shape index (κ2) is 13.1. The Morgan fingerprint density at radius 1 is 1.18 bits per heavy atom. The lowest BCUT2D eigenvalue weighted by Gasteiger charge is -2.34. The maximum absolute atomic E-state index is 13.3. The van der Waals surface area contributed by atoms with E-state index in [1.807, 2.05) is 23.8 Å². The van der Waals surface area contributed by atoms with E-state index >= 15 is 0 Å². The monoisotopic (exact) mass is 599 g/mol. The molecule has 3 aliphatic heterocycles. The van der Waals surface area contributed by atoms with Crippen LogP contribution in [0.4, 0.5) is 0 Å². The van der Waals surface area contributed by atoms with Crippen LogP contribution in [0.25, 0.3) is 6.08 Å². The predicted octanol–water partition coefficient (Wildman–Crippen LogP) is 2.22. The molecule has 1 N–H and O–H groups in total. The molecule has 0 aliphatic carbocycles. The van der Waals surface area contributed by atoms with E-state index in [1.165, 1.54) is 22.3 Å². The number of carbonyl (C=O) groups excluding carboxylic acids is 3. The Labute approximate surface area is 240 Å². The average Bonchev–Trinajstić information content (AvgIpc) is 3.66. The molecule has 4 heterocycles. The zero-order chi connectivity index (χ0) is 28.2. The second-order valence-corrected chi connectivity index (χ2v) is 13.9. The second-order valence-electron chi connectivity index (χ2n) is 10.5. The summed E-state index contributed by atoms with van der Waals surface area (Å²) in [6.07, 6.45) is 5.70. The first-order valence-electron chi connectivity index (χ1n) is 13.6. The van der Waals surface area contributed by atoms with Gasteiger partial charge in [0.05, 0.1) is 10.9 Å². The van der Waals surface area contributed by atoms with Gasteiger partial charge in [-0.3, -0.25) is 19.3 Å². The molecule has 3 fully saturated rings. The molecule has 1 aromatic heterocycles. The van der Waals surface area contributed by atoms with Crippen molar-refractivity contribution >= 4 is 56.8 Å². The van der Waals surface area contributed by atoms with Crippen molar-refractivity contribution in [2.45, 2.75) is 63.6 Å². The number of nitrogens with zero attached hydrogens (tertiary/aromatic N) is 4. The highest BCUT2D eigenvalue weighted by Crippen LogP contribution is 2.24. The lowest BCUT2D eigenvalue weighted by atomic mass is 10.1. The fourth-order valence-corrected chi connectivity index (χ4v) is 7.74. The molecule has 3 saturated heterocycles. The molecule has 4 rings (SSSR count). The highest BCUT2D eigenvalue weighted by molar-refractivity contribution is 7.92. The molecule has 0 bridgehead atoms. The average molecular weight is 600 g/mol. The van der Waals surface area contributed by atoms with Crippen molar-refractivity contribution in [3.63, 3.8) is 0 Å². The number of hydrogen-bond donors (Lipinski definition) is 1. The normalized spacial score (nSPS) is 24.7. The van der Waals surface area contributed by atoms with E-state index in [4.69, 9.17) is 11.6 Å². The maximum atomic E-state index is 13.3. The molecule has 0 aromatic carbocycles. The maximum Gasteiger partial charge on any atom is 0.242 e. The third-order valence-corrected chi connectivity index (χ3v) is 10.1. The molecule has 10 nitrogen and oxygen atoms in total. The van der Waals surface area contributed by atoms with Gasteiger partial charge in [0.2, 0.25) is 27.7 Å². The largest absolute Gasteiger partial charge is 0.341 e. The third-order valence-electron chi connectivity index (χ3n) is 7.83. The van der Waals surface area contributed by atoms with Gasteiger partial charge in [0.1, 0.15) is 6.04 Å². The molecule has 1 aromatic rings. The van der Waals surface area contributed by atoms with Gasteiger partial charge in [-0.2, -0.15) is 4.72 Å². The van der Waals surface area contributed by atoms with Gasteiger partial charge in [-0.25, -0.2) is 8.42 Å². The summed E-state index contributed by atoms with van der Waals surface area (Å²) in [5.74, 6) is -0.319. The van der Waals surface area contributed by atoms with Crippen molar-refractivity contribution in [3.8, 4) is 0 Å². The molecular formula is C26H38ClN5O5S2. The molecule has 0 radical (unpaired) electrons. The van der Waals surface area contributed by atoms with E-state index in [9.17, 15) is 22.8 Å². The van der Waals surface area contributed by atoms with Crippen LogP contribution >= 0.6 is 22.9 Å². The first kappa shape index (κ1) is 30.0. The topological polar surface area (TPSA) is 110 Å². The molecule has 3 aliphatic rings. The van der Waals surface area contributed by atoms with Crippen LogP contribution in [-0.2, 0) is 24.4 Å². The van der Waals surface area contributed by atoms with Gasteiger partial charge in [-0.15, -0.1) is 11.3 Å². The summed E-state index contributed by atoms with van der Waals surface area (Å²) >= 11 is 7.15. The van der Waals surface area contributed by atoms with Crippen molar-refractivity contribution in [1.82, 2.24) is 24.3 Å². The minimum Gasteiger partial charge on any atom is -0.341 e. The van der Waals surface area contributed by atoms with E-state index in [-0.39, 0.29) is 36.3 Å². The van der Waals surface area contributed by atoms with E-state index in [0.717, 1.165) is 44.3 Å². The zero-order valence-electron chi connectivity index (χ0n) is 22.6. The number of halogens is 1. The van der Waals surface area contributed by atoms with Crippen molar-refractivity contribution in [2.24, 2.45) is 0 Å². The number of nitrogens with one attached hydrogen (secondary N) is 1. The van der Waals surface area contributed by atoms with Gasteiger partial charge in [0.25, 0.3) is 0 Å². The number of sulfonamides is 1. The SMILES string of the molecule is CCC(=O)N(C)C1CCN(C[C@@H]2CCCN2C(=O)CN2CCC[C@H](NS(=O)(=O)/C=C/c3ccc(Cl)s3)C2=O)C1. The van der Waals surface area contributed by atoms with Gasteiger partial charge in [0, 0.05) is 68.6 Å². The number of thiophene rings is 1. The summed E-state index contributed by atoms with van der Waals surface area (Å²) in [6, 6.07) is 2.79. The van der Waals surface area contributed by atoms with E-state index in [1.54, 1.807) is 12.1 Å². The lowest BCUT2D eigenvalue weighted by molar-refractivity contribution is -0.143. The predicted molar refractivity (Wildman–Crippen MR) is 153 cm³/mol. The minimum absolute atomic E-state index is 0.0482. The smallest absolute Gasteiger partial charge is 0.242 e. The lowest BCUT2D eigenvalue weighted by Crippen LogP contribution is -2.55. The Morgan fingerprint density at radius 3 is 2.67 bits per heavy atom. The van der Waals surface area contributed by atoms with Gasteiger partial charge in [-0.05, 0) is 50.3 Å². The van der Waals surface area contributed by atoms with Crippen LogP contribution in [0.15, 0.2) is 17.5 Å². The van der Waals surface area contributed by atoms with Gasteiger partial charge >= 0.3 is 0 Å². The Balaban J connectivity index is 1.30. The molecular weight excluding hydrogens is 562 g/mol. The van der Waals surface area contributed by atoms with Crippen molar-refractivity contribution < 1.29 is 22.8 Å². The molecule has 3 atom stereocenters. The van der Waals surface area contributed by atoms with E-state index in [0.29, 0.717) is 41.6 Å². The summed E-state index contributed by atoms with van der Waals surface area (Å²) in [5, 5.41) is 1.04. The number of piperidine rings is 1. The van der Waals surface area contributed by atoms with Gasteiger partial charge < -0.3 is 14.7 Å². The first-order valence-corrected chi connectivity index (χ1v) is 16.3. The number of hydrogen-bond acceptors (Lipinski definition) is 7. The van der Waals surface area contributed by atoms with Crippen LogP contribution in [0.3, 0.4) is 0 Å². The number of likely N-dealkylation sites (N-methyl/N-ethyl adjacent to an activating group) is 1. The molecule has 0 spiro atoms. The zero-order valence-corrected chi connectivity index (χ0v) is 24.9. The molecule has 39 heavy (non-hydrogen) atoms. The van der Waals surface area contributed by atoms with E-state index in [2.05, 4.69) is 9.62 Å². The summed E-state index contributed by atoms with van der Waals surface area (Å²) in [6.45, 7) is 5.37. The van der Waals surface area contributed by atoms with Crippen LogP contribution in [-0.4, -0.2) is 110 Å². The van der Waals surface area contributed by atoms with Crippen LogP contribution in [0.2, 0.25) is 4.34 Å². The molecule has 1 unspecified atom stereocenters. The molecule has 13 heteroatoms. The first-order chi connectivity index (χ1) is 18.6. The summed E-state index contributed by atoms with van der Waals surface area (Å²) in [7, 11) is -1.99. The molecule has 0 saturated carbocycles. The summed E-state index contributed by atoms with van der Waals surface area (Å²) in [4.78, 5) is 46.7. The third kappa shape index (κ3) is 7.81. The van der Waals surface area contributed by atoms with Crippen molar-refractivity contribution in [2.75, 3.05) is 46.3 Å². The Hall–Kier alpha value is -1.99. The molecule has 216 valence electrons. The summed E-state index contributed by atoms with van der Waals surface area (Å²) in [5.41, 5.74) is 0. The van der Waals surface area contributed by atoms with Crippen LogP contribution in [0.5, 0.6) is 0 Å². The van der Waals surface area contributed by atoms with Crippen LogP contribution < -0.4 is 4.72 Å². The highest BCUT2D eigenvalue weighted by atomic mass is 35.5. The van der Waals surface area contributed by atoms with Crippen LogP contribution in [0, 0.1) is 0 Å². The molecule has 3 amide bonds. The van der Waals surface area contributed by atoms with Crippen LogP contribution in [0.1, 0.15) is 50.3 Å². The Kier molecular flexibility index (Phi) is 10.1. The Morgan fingerprint density at radius 2 is 1.95 bits per heavy atom. The fraction of sp³-hybridized carbons (Fsp3) is 0.654. The highest BCUT2D eigenvalue weighted by Gasteiger charge is 2.37. The van der Waals surface area contributed by atoms with E-state index < -0.39 is 16.1 Å². The standard InChI is InChI=1S/C26H38ClN5O5S2/c1-3-24(33)29(2)19-10-14-30(16-19)17-20-6-4-13-32(20)25(34)18-31-12-5-7-22(26(31)35)28-39(36,37)15-11-21-8-9-23(27)38-21/h8-9,11,15,19-20,22,28H,3-7,10,12-14,16-18H2,1-2H3/b15-11+/t19?,20-,22-/m0/s1. The number of likely N-dealkylation sites (tertiary alicyclic amines) is 3.